The molecule has 1 heterocycles. The van der Waals surface area contributed by atoms with Crippen molar-refractivity contribution in [1.82, 2.24) is 9.78 Å². The van der Waals surface area contributed by atoms with E-state index in [0.717, 1.165) is 43.4 Å². The number of fused-ring (bicyclic) bond motifs is 1. The molecule has 0 saturated carbocycles. The van der Waals surface area contributed by atoms with Crippen molar-refractivity contribution < 1.29 is 9.90 Å². The van der Waals surface area contributed by atoms with E-state index in [1.165, 1.54) is 0 Å². The maximum atomic E-state index is 11.4. The highest BCUT2D eigenvalue weighted by Crippen LogP contribution is 2.28. The van der Waals surface area contributed by atoms with Gasteiger partial charge in [0.25, 0.3) is 0 Å². The van der Waals surface area contributed by atoms with Crippen LogP contribution in [-0.2, 0) is 12.8 Å². The molecule has 3 rings (SSSR count). The number of hydrogen-bond acceptors (Lipinski definition) is 2. The number of carboxylic acids is 1. The number of aromatic carboxylic acids is 1. The Morgan fingerprint density at radius 3 is 2.43 bits per heavy atom. The molecule has 21 heavy (non-hydrogen) atoms. The summed E-state index contributed by atoms with van der Waals surface area (Å²) in [5.41, 5.74) is 2.65. The van der Waals surface area contributed by atoms with E-state index in [4.69, 9.17) is 23.2 Å². The lowest BCUT2D eigenvalue weighted by molar-refractivity contribution is 0.0688. The van der Waals surface area contributed by atoms with Crippen LogP contribution in [0.1, 0.15) is 41.0 Å². The summed E-state index contributed by atoms with van der Waals surface area (Å²) in [7, 11) is 0. The molecule has 0 aliphatic heterocycles. The van der Waals surface area contributed by atoms with Crippen LogP contribution >= 0.6 is 23.2 Å². The van der Waals surface area contributed by atoms with Gasteiger partial charge in [0.15, 0.2) is 5.69 Å². The van der Waals surface area contributed by atoms with Gasteiger partial charge in [-0.15, -0.1) is 0 Å². The third-order valence-corrected chi connectivity index (χ3v) is 4.16. The maximum absolute atomic E-state index is 11.4. The zero-order chi connectivity index (χ0) is 15.0. The van der Waals surface area contributed by atoms with E-state index in [1.54, 1.807) is 22.9 Å². The number of hydrogen-bond donors (Lipinski definition) is 1. The van der Waals surface area contributed by atoms with E-state index < -0.39 is 5.97 Å². The molecular formula is C15H14Cl2N2O2. The van der Waals surface area contributed by atoms with Crippen molar-refractivity contribution in [3.8, 4) is 5.69 Å². The normalized spacial score (nSPS) is 14.6. The monoisotopic (exact) mass is 324 g/mol. The Bertz CT molecular complexity index is 690. The molecule has 0 radical (unpaired) electrons. The van der Waals surface area contributed by atoms with Crippen molar-refractivity contribution in [2.24, 2.45) is 0 Å². The maximum Gasteiger partial charge on any atom is 0.356 e. The number of aromatic nitrogens is 2. The van der Waals surface area contributed by atoms with Crippen LogP contribution in [0.5, 0.6) is 0 Å². The summed E-state index contributed by atoms with van der Waals surface area (Å²) in [4.78, 5) is 11.4. The van der Waals surface area contributed by atoms with Gasteiger partial charge < -0.3 is 5.11 Å². The smallest absolute Gasteiger partial charge is 0.356 e. The van der Waals surface area contributed by atoms with Crippen molar-refractivity contribution in [2.45, 2.75) is 32.1 Å². The summed E-state index contributed by atoms with van der Waals surface area (Å²) < 4.78 is 1.68. The molecule has 6 heteroatoms. The molecule has 0 amide bonds. The van der Waals surface area contributed by atoms with E-state index >= 15 is 0 Å². The highest BCUT2D eigenvalue weighted by atomic mass is 35.5. The van der Waals surface area contributed by atoms with Gasteiger partial charge in [0.2, 0.25) is 0 Å². The summed E-state index contributed by atoms with van der Waals surface area (Å²) in [6.07, 6.45) is 4.70. The zero-order valence-corrected chi connectivity index (χ0v) is 12.8. The van der Waals surface area contributed by atoms with Crippen LogP contribution in [0.4, 0.5) is 0 Å². The Morgan fingerprint density at radius 2 is 1.76 bits per heavy atom. The van der Waals surface area contributed by atoms with Crippen molar-refractivity contribution in [3.63, 3.8) is 0 Å². The second-order valence-corrected chi connectivity index (χ2v) is 6.05. The zero-order valence-electron chi connectivity index (χ0n) is 11.3. The van der Waals surface area contributed by atoms with Gasteiger partial charge >= 0.3 is 5.97 Å². The van der Waals surface area contributed by atoms with Gasteiger partial charge in [-0.25, -0.2) is 9.48 Å². The molecule has 1 aliphatic carbocycles. The molecule has 1 N–H and O–H groups in total. The Labute approximate surface area is 132 Å². The third-order valence-electron chi connectivity index (χ3n) is 3.72. The Kier molecular flexibility index (Phi) is 3.91. The van der Waals surface area contributed by atoms with Crippen molar-refractivity contribution in [3.05, 3.63) is 45.2 Å². The highest BCUT2D eigenvalue weighted by Gasteiger charge is 2.24. The summed E-state index contributed by atoms with van der Waals surface area (Å²) in [6.45, 7) is 0. The van der Waals surface area contributed by atoms with Gasteiger partial charge in [-0.3, -0.25) is 0 Å². The second-order valence-electron chi connectivity index (χ2n) is 5.18. The molecule has 0 fully saturated rings. The molecule has 0 unspecified atom stereocenters. The Morgan fingerprint density at radius 1 is 1.10 bits per heavy atom. The average Bonchev–Trinajstić information content (AvgIpc) is 2.60. The SMILES string of the molecule is O=C(O)c1nn(-c2cc(Cl)cc(Cl)c2)c2c1CCCCC2. The molecule has 4 nitrogen and oxygen atoms in total. The molecule has 0 saturated heterocycles. The van der Waals surface area contributed by atoms with Gasteiger partial charge in [0, 0.05) is 21.3 Å². The van der Waals surface area contributed by atoms with E-state index in [1.807, 2.05) is 0 Å². The van der Waals surface area contributed by atoms with Gasteiger partial charge in [-0.1, -0.05) is 29.6 Å². The number of benzene rings is 1. The standard InChI is InChI=1S/C15H14Cl2N2O2/c16-9-6-10(17)8-11(7-9)19-13-5-3-1-2-4-12(13)14(18-19)15(20)21/h6-8H,1-5H2,(H,20,21). The van der Waals surface area contributed by atoms with Crippen LogP contribution in [-0.4, -0.2) is 20.9 Å². The first kappa shape index (κ1) is 14.4. The van der Waals surface area contributed by atoms with E-state index in [0.29, 0.717) is 15.7 Å². The topological polar surface area (TPSA) is 55.1 Å². The molecule has 1 aromatic carbocycles. The van der Waals surface area contributed by atoms with Crippen LogP contribution in [0.2, 0.25) is 10.0 Å². The predicted octanol–water partition coefficient (Wildman–Crippen LogP) is 4.15. The molecule has 110 valence electrons. The van der Waals surface area contributed by atoms with Crippen molar-refractivity contribution in [2.75, 3.05) is 0 Å². The van der Waals surface area contributed by atoms with Crippen LogP contribution in [0.3, 0.4) is 0 Å². The van der Waals surface area contributed by atoms with Gasteiger partial charge in [0.05, 0.1) is 5.69 Å². The van der Waals surface area contributed by atoms with Crippen LogP contribution < -0.4 is 0 Å². The molecule has 1 aliphatic rings. The van der Waals surface area contributed by atoms with Crippen molar-refractivity contribution >= 4 is 29.2 Å². The van der Waals surface area contributed by atoms with E-state index in [-0.39, 0.29) is 5.69 Å². The predicted molar refractivity (Wildman–Crippen MR) is 81.8 cm³/mol. The Hall–Kier alpha value is -1.52. The number of carboxylic acid groups (broad SMARTS) is 1. The summed E-state index contributed by atoms with van der Waals surface area (Å²) >= 11 is 12.1. The highest BCUT2D eigenvalue weighted by molar-refractivity contribution is 6.34. The minimum absolute atomic E-state index is 0.142. The summed E-state index contributed by atoms with van der Waals surface area (Å²) in [6, 6.07) is 5.14. The molecule has 0 spiro atoms. The van der Waals surface area contributed by atoms with E-state index in [9.17, 15) is 9.90 Å². The molecule has 0 atom stereocenters. The third kappa shape index (κ3) is 2.78. The number of rotatable bonds is 2. The fourth-order valence-corrected chi connectivity index (χ4v) is 3.34. The van der Waals surface area contributed by atoms with Crippen molar-refractivity contribution in [1.29, 1.82) is 0 Å². The number of nitrogens with zero attached hydrogens (tertiary/aromatic N) is 2. The van der Waals surface area contributed by atoms with Crippen LogP contribution in [0.25, 0.3) is 5.69 Å². The molecule has 2 aromatic rings. The Balaban J connectivity index is 2.20. The first-order valence-electron chi connectivity index (χ1n) is 6.87. The quantitative estimate of drug-likeness (QED) is 0.844. The lowest BCUT2D eigenvalue weighted by Gasteiger charge is -2.08. The minimum atomic E-state index is -0.986. The lowest BCUT2D eigenvalue weighted by atomic mass is 10.1. The summed E-state index contributed by atoms with van der Waals surface area (Å²) in [5, 5.41) is 14.7. The van der Waals surface area contributed by atoms with Gasteiger partial charge in [0.1, 0.15) is 0 Å². The first-order valence-corrected chi connectivity index (χ1v) is 7.62. The fraction of sp³-hybridized carbons (Fsp3) is 0.333. The second kappa shape index (κ2) is 5.70. The fourth-order valence-electron chi connectivity index (χ4n) is 2.82. The summed E-state index contributed by atoms with van der Waals surface area (Å²) in [5.74, 6) is -0.986. The average molecular weight is 325 g/mol. The number of carbonyl (C=O) groups is 1. The minimum Gasteiger partial charge on any atom is -0.476 e. The molecule has 1 aromatic heterocycles. The largest absolute Gasteiger partial charge is 0.476 e. The molecular weight excluding hydrogens is 311 g/mol. The lowest BCUT2D eigenvalue weighted by Crippen LogP contribution is -2.04. The molecule has 0 bridgehead atoms. The number of halogens is 2. The first-order chi connectivity index (χ1) is 10.1. The van der Waals surface area contributed by atoms with Crippen LogP contribution in [0, 0.1) is 0 Å². The van der Waals surface area contributed by atoms with Gasteiger partial charge in [-0.05, 0) is 43.9 Å². The van der Waals surface area contributed by atoms with E-state index in [2.05, 4.69) is 5.10 Å². The van der Waals surface area contributed by atoms with Crippen LogP contribution in [0.15, 0.2) is 18.2 Å². The van der Waals surface area contributed by atoms with Gasteiger partial charge in [-0.2, -0.15) is 5.10 Å².